The van der Waals surface area contributed by atoms with E-state index in [-0.39, 0.29) is 43.1 Å². The van der Waals surface area contributed by atoms with Crippen LogP contribution in [0.4, 0.5) is 21.0 Å². The van der Waals surface area contributed by atoms with E-state index in [9.17, 15) is 44.7 Å². The lowest BCUT2D eigenvalue weighted by atomic mass is 9.98. The van der Waals surface area contributed by atoms with Gasteiger partial charge in [0, 0.05) is 82.0 Å². The average molecular weight is 1030 g/mol. The third-order valence-corrected chi connectivity index (χ3v) is 13.8. The Hall–Kier alpha value is -4.61. The molecular formula is C44H57Br2N9O10. The summed E-state index contributed by atoms with van der Waals surface area (Å²) in [6.07, 6.45) is -0.941. The number of pyridine rings is 1. The smallest absolute Gasteiger partial charge is 0.322 e. The predicted molar refractivity (Wildman–Crippen MR) is 246 cm³/mol. The molecule has 0 spiro atoms. The highest BCUT2D eigenvalue weighted by Gasteiger charge is 2.43. The van der Waals surface area contributed by atoms with Crippen molar-refractivity contribution in [3.8, 4) is 5.75 Å². The number of anilines is 2. The number of ether oxygens (including phenoxy) is 1. The summed E-state index contributed by atoms with van der Waals surface area (Å²) < 4.78 is 6.34. The van der Waals surface area contributed by atoms with Crippen LogP contribution in [0.25, 0.3) is 0 Å². The first-order valence-corrected chi connectivity index (χ1v) is 23.6. The zero-order valence-electron chi connectivity index (χ0n) is 35.8. The summed E-state index contributed by atoms with van der Waals surface area (Å²) in [5, 5.41) is 62.7. The molecule has 21 heteroatoms. The molecule has 9 N–H and O–H groups in total. The molecule has 0 aliphatic carbocycles. The Kier molecular flexibility index (Phi) is 16.5. The van der Waals surface area contributed by atoms with E-state index in [1.165, 1.54) is 0 Å². The lowest BCUT2D eigenvalue weighted by Gasteiger charge is -2.40. The number of nitrogens with zero attached hydrogens (tertiary/aromatic N) is 5. The average Bonchev–Trinajstić information content (AvgIpc) is 3.32. The number of piperidine rings is 1. The molecule has 7 atom stereocenters. The van der Waals surface area contributed by atoms with Crippen LogP contribution in [0.2, 0.25) is 0 Å². The van der Waals surface area contributed by atoms with Crippen molar-refractivity contribution in [2.75, 3.05) is 62.6 Å². The van der Waals surface area contributed by atoms with Crippen LogP contribution in [0.15, 0.2) is 69.9 Å². The summed E-state index contributed by atoms with van der Waals surface area (Å²) in [6, 6.07) is 11.9. The number of carbonyl (C=O) groups is 4. The minimum atomic E-state index is -1.53. The van der Waals surface area contributed by atoms with Gasteiger partial charge < -0.3 is 65.8 Å². The van der Waals surface area contributed by atoms with E-state index < -0.39 is 61.3 Å². The van der Waals surface area contributed by atoms with Crippen molar-refractivity contribution in [3.05, 3.63) is 81.0 Å². The third-order valence-electron chi connectivity index (χ3n) is 12.6. The van der Waals surface area contributed by atoms with Gasteiger partial charge in [-0.15, -0.1) is 0 Å². The monoisotopic (exact) mass is 1030 g/mol. The molecule has 19 nitrogen and oxygen atoms in total. The van der Waals surface area contributed by atoms with Gasteiger partial charge in [0.15, 0.2) is 0 Å². The normalized spacial score (nSPS) is 23.6. The van der Waals surface area contributed by atoms with Gasteiger partial charge in [-0.2, -0.15) is 0 Å². The number of halogens is 2. The molecule has 352 valence electrons. The number of aromatic nitrogens is 1. The molecule has 0 unspecified atom stereocenters. The fourth-order valence-electron chi connectivity index (χ4n) is 8.80. The van der Waals surface area contributed by atoms with E-state index in [0.29, 0.717) is 86.0 Å². The second-order valence-corrected chi connectivity index (χ2v) is 18.5. The molecule has 3 aromatic rings. The molecule has 3 saturated heterocycles. The Bertz CT molecular complexity index is 2100. The van der Waals surface area contributed by atoms with Gasteiger partial charge in [0.05, 0.1) is 15.6 Å². The van der Waals surface area contributed by atoms with Crippen molar-refractivity contribution < 1.29 is 49.4 Å². The number of amides is 6. The van der Waals surface area contributed by atoms with Crippen molar-refractivity contribution in [1.82, 2.24) is 35.6 Å². The number of aliphatic hydroxyl groups excluding tert-OH is 4. The number of para-hydroxylation sites is 1. The van der Waals surface area contributed by atoms with E-state index in [4.69, 9.17) is 4.74 Å². The number of phenolic OH excluding ortho intramolecular Hbond substituents is 1. The zero-order chi connectivity index (χ0) is 46.2. The molecule has 3 fully saturated rings. The van der Waals surface area contributed by atoms with E-state index in [2.05, 4.69) is 63.0 Å². The molecule has 7 rings (SSSR count). The van der Waals surface area contributed by atoms with E-state index in [1.54, 1.807) is 39.2 Å². The first kappa shape index (κ1) is 48.3. The first-order valence-electron chi connectivity index (χ1n) is 22.0. The van der Waals surface area contributed by atoms with Gasteiger partial charge in [-0.25, -0.2) is 9.59 Å². The summed E-state index contributed by atoms with van der Waals surface area (Å²) in [7, 11) is 0. The van der Waals surface area contributed by atoms with Crippen molar-refractivity contribution >= 4 is 67.1 Å². The first-order chi connectivity index (χ1) is 31.3. The molecule has 2 aromatic carbocycles. The number of hydrogen-bond acceptors (Lipinski definition) is 13. The second-order valence-electron chi connectivity index (χ2n) is 16.8. The minimum Gasteiger partial charge on any atom is -0.506 e. The molecule has 6 amide bonds. The fraction of sp³-hybridized carbons (Fsp3) is 0.523. The fourth-order valence-corrected chi connectivity index (χ4v) is 10.1. The van der Waals surface area contributed by atoms with Crippen molar-refractivity contribution in [2.24, 2.45) is 0 Å². The maximum atomic E-state index is 14.5. The Morgan fingerprint density at radius 1 is 0.862 bits per heavy atom. The number of aliphatic hydroxyl groups is 4. The van der Waals surface area contributed by atoms with Gasteiger partial charge in [-0.1, -0.05) is 18.2 Å². The van der Waals surface area contributed by atoms with E-state index in [1.807, 2.05) is 36.4 Å². The summed E-state index contributed by atoms with van der Waals surface area (Å²) in [5.74, 6) is -0.880. The maximum Gasteiger partial charge on any atom is 0.322 e. The molecule has 0 radical (unpaired) electrons. The highest BCUT2D eigenvalue weighted by atomic mass is 79.9. The van der Waals surface area contributed by atoms with E-state index in [0.717, 1.165) is 16.9 Å². The van der Waals surface area contributed by atoms with Crippen LogP contribution < -0.4 is 26.2 Å². The van der Waals surface area contributed by atoms with Gasteiger partial charge >= 0.3 is 12.1 Å². The van der Waals surface area contributed by atoms with Crippen LogP contribution in [0.1, 0.15) is 43.2 Å². The molecule has 4 aliphatic heterocycles. The quantitative estimate of drug-likeness (QED) is 0.0988. The molecule has 4 aliphatic rings. The van der Waals surface area contributed by atoms with Gasteiger partial charge in [0.2, 0.25) is 11.8 Å². The number of hydrogen-bond donors (Lipinski definition) is 9. The lowest BCUT2D eigenvalue weighted by Crippen LogP contribution is -2.62. The van der Waals surface area contributed by atoms with Gasteiger partial charge in [-0.3, -0.25) is 19.9 Å². The number of nitrogens with one attached hydrogen (secondary N) is 4. The van der Waals surface area contributed by atoms with Gasteiger partial charge in [0.25, 0.3) is 0 Å². The molecule has 0 saturated carbocycles. The highest BCUT2D eigenvalue weighted by Crippen LogP contribution is 2.34. The van der Waals surface area contributed by atoms with E-state index >= 15 is 0 Å². The summed E-state index contributed by atoms with van der Waals surface area (Å²) in [5.41, 5.74) is 3.41. The highest BCUT2D eigenvalue weighted by molar-refractivity contribution is 9.11. The van der Waals surface area contributed by atoms with Gasteiger partial charge in [-0.05, 0) is 112 Å². The number of urea groups is 2. The number of piperazine rings is 1. The van der Waals surface area contributed by atoms with Crippen LogP contribution in [0.3, 0.4) is 0 Å². The van der Waals surface area contributed by atoms with Crippen molar-refractivity contribution in [3.63, 3.8) is 0 Å². The summed E-state index contributed by atoms with van der Waals surface area (Å²) >= 11 is 6.73. The van der Waals surface area contributed by atoms with Crippen molar-refractivity contribution in [2.45, 2.75) is 93.8 Å². The number of unbranched alkanes of at least 4 members (excludes halogenated alkanes) is 1. The summed E-state index contributed by atoms with van der Waals surface area (Å²) in [4.78, 5) is 67.3. The molecule has 65 heavy (non-hydrogen) atoms. The van der Waals surface area contributed by atoms with Crippen LogP contribution >= 0.6 is 31.9 Å². The number of phenols is 1. The lowest BCUT2D eigenvalue weighted by molar-refractivity contribution is -0.236. The number of benzene rings is 2. The Labute approximate surface area is 393 Å². The number of carbonyl (C=O) groups excluding carboxylic acids is 4. The predicted octanol–water partition coefficient (Wildman–Crippen LogP) is 1.84. The van der Waals surface area contributed by atoms with Crippen molar-refractivity contribution in [1.29, 1.82) is 0 Å². The molecule has 0 bridgehead atoms. The number of fused-ring (bicyclic) bond motifs is 1. The Morgan fingerprint density at radius 3 is 2.25 bits per heavy atom. The SMILES string of the molecule is O=C(N[C@@H](CCCCN[C@@H]1O[C@H](CO)[C@@H](O)[C@H](O)[C@H]1O)C(=O)N1CCN(c2ccncc2)CC1)[C@@H](Cc1cc(Br)c(O)c(Br)c1)NC(=O)N1CCC(N2Cc3ccccc3NC2=O)CC1. The number of likely N-dealkylation sites (tertiary alicyclic amines) is 1. The second kappa shape index (κ2) is 22.3. The van der Waals surface area contributed by atoms with Crippen LogP contribution in [0, 0.1) is 0 Å². The molecule has 1 aromatic heterocycles. The van der Waals surface area contributed by atoms with Crippen LogP contribution in [-0.4, -0.2) is 170 Å². The number of rotatable bonds is 15. The van der Waals surface area contributed by atoms with Crippen LogP contribution in [0.5, 0.6) is 5.75 Å². The Balaban J connectivity index is 1.03. The molecular weight excluding hydrogens is 974 g/mol. The zero-order valence-corrected chi connectivity index (χ0v) is 38.9. The largest absolute Gasteiger partial charge is 0.506 e. The number of aromatic hydroxyl groups is 1. The third kappa shape index (κ3) is 11.9. The topological polar surface area (TPSA) is 253 Å². The minimum absolute atomic E-state index is 0.0212. The standard InChI is InChI=1S/C44H57Br2N9O10/c45-30-21-26(22-31(46)36(30)57)23-34(51-43(63)54-15-10-29(11-16-54)55-24-27-5-1-2-6-32(27)50-44(55)64)40(61)49-33(42(62)53-19-17-52(18-20-53)28-8-13-47-14-9-28)7-3-4-12-48-41-39(60)38(59)37(58)35(25-56)65-41/h1-2,5-6,8-9,13-14,21-22,29,33-35,37-39,41,48,56-60H,3-4,7,10-12,15-20,23-25H2,(H,49,61)(H,50,64)(H,51,63)/t33-,34+,35+,37+,38-,39+,41+/m0/s1. The maximum absolute atomic E-state index is 14.5. The summed E-state index contributed by atoms with van der Waals surface area (Å²) in [6.45, 7) is 2.81. The molecule has 5 heterocycles. The van der Waals surface area contributed by atoms with Gasteiger partial charge in [0.1, 0.15) is 48.5 Å². The van der Waals surface area contributed by atoms with Crippen LogP contribution in [-0.2, 0) is 27.3 Å². The Morgan fingerprint density at radius 2 is 1.55 bits per heavy atom.